The molecule has 2 rings (SSSR count). The summed E-state index contributed by atoms with van der Waals surface area (Å²) in [5.41, 5.74) is 0. The van der Waals surface area contributed by atoms with Gasteiger partial charge in [-0.3, -0.25) is 0 Å². The summed E-state index contributed by atoms with van der Waals surface area (Å²) in [6.45, 7) is 2.17. The maximum Gasteiger partial charge on any atom is 0.157 e. The molecular formula is C14H15NOS. The highest BCUT2D eigenvalue weighted by molar-refractivity contribution is 8.07. The van der Waals surface area contributed by atoms with Gasteiger partial charge >= 0.3 is 0 Å². The molecule has 1 heterocycles. The number of allylic oxidation sites excluding steroid dienone is 4. The van der Waals surface area contributed by atoms with Gasteiger partial charge in [0.1, 0.15) is 0 Å². The summed E-state index contributed by atoms with van der Waals surface area (Å²) in [5.74, 6) is 0.761. The van der Waals surface area contributed by atoms with Crippen molar-refractivity contribution >= 4 is 18.0 Å². The lowest BCUT2D eigenvalue weighted by molar-refractivity contribution is 0.344. The van der Waals surface area contributed by atoms with Gasteiger partial charge in [-0.15, -0.1) is 0 Å². The second-order valence-electron chi connectivity index (χ2n) is 3.61. The number of para-hydroxylation sites is 1. The van der Waals surface area contributed by atoms with Gasteiger partial charge in [-0.2, -0.15) is 0 Å². The van der Waals surface area contributed by atoms with Gasteiger partial charge in [0.05, 0.1) is 6.21 Å². The first-order valence-corrected chi connectivity index (χ1v) is 6.52. The quantitative estimate of drug-likeness (QED) is 0.580. The molecule has 1 aromatic rings. The maximum absolute atomic E-state index is 5.27. The van der Waals surface area contributed by atoms with Crippen LogP contribution in [0.4, 0.5) is 0 Å². The molecule has 0 N–H and O–H groups in total. The maximum atomic E-state index is 5.27. The fourth-order valence-electron chi connectivity index (χ4n) is 1.46. The number of hydrogen-bond donors (Lipinski definition) is 0. The monoisotopic (exact) mass is 245 g/mol. The van der Waals surface area contributed by atoms with Crippen molar-refractivity contribution in [2.24, 2.45) is 5.16 Å². The third-order valence-electron chi connectivity index (χ3n) is 2.34. The van der Waals surface area contributed by atoms with Crippen LogP contribution in [0.2, 0.25) is 0 Å². The Bertz CT molecular complexity index is 449. The Labute approximate surface area is 106 Å². The van der Waals surface area contributed by atoms with Crippen molar-refractivity contribution in [3.05, 3.63) is 52.3 Å². The molecule has 0 fully saturated rings. The summed E-state index contributed by atoms with van der Waals surface area (Å²) in [7, 11) is 0. The Morgan fingerprint density at radius 1 is 1.29 bits per heavy atom. The van der Waals surface area contributed by atoms with E-state index in [0.29, 0.717) is 0 Å². The topological polar surface area (TPSA) is 21.6 Å². The molecule has 1 aromatic carbocycles. The number of oxime groups is 1. The first-order chi connectivity index (χ1) is 8.38. The fourth-order valence-corrected chi connectivity index (χ4v) is 2.36. The van der Waals surface area contributed by atoms with Gasteiger partial charge in [-0.25, -0.2) is 0 Å². The predicted octanol–water partition coefficient (Wildman–Crippen LogP) is 4.37. The van der Waals surface area contributed by atoms with Crippen LogP contribution in [0.5, 0.6) is 5.75 Å². The Morgan fingerprint density at radius 3 is 2.88 bits per heavy atom. The summed E-state index contributed by atoms with van der Waals surface area (Å²) < 4.78 is 0. The third-order valence-corrected chi connectivity index (χ3v) is 3.57. The van der Waals surface area contributed by atoms with E-state index < -0.39 is 0 Å². The molecule has 3 heteroatoms. The molecule has 2 nitrogen and oxygen atoms in total. The first-order valence-electron chi connectivity index (χ1n) is 5.71. The van der Waals surface area contributed by atoms with Gasteiger partial charge in [-0.1, -0.05) is 54.2 Å². The highest BCUT2D eigenvalue weighted by atomic mass is 32.2. The predicted molar refractivity (Wildman–Crippen MR) is 74.2 cm³/mol. The minimum Gasteiger partial charge on any atom is -0.357 e. The zero-order valence-corrected chi connectivity index (χ0v) is 10.6. The van der Waals surface area contributed by atoms with Crippen molar-refractivity contribution in [1.29, 1.82) is 0 Å². The normalized spacial score (nSPS) is 15.6. The zero-order chi connectivity index (χ0) is 11.9. The van der Waals surface area contributed by atoms with Gasteiger partial charge in [0.15, 0.2) is 5.75 Å². The SMILES string of the molecule is CCC1=CCC=C(/C=N/Oc2ccccc2)S1. The smallest absolute Gasteiger partial charge is 0.157 e. The van der Waals surface area contributed by atoms with Gasteiger partial charge in [0.2, 0.25) is 0 Å². The average molecular weight is 245 g/mol. The van der Waals surface area contributed by atoms with E-state index in [-0.39, 0.29) is 0 Å². The Balaban J connectivity index is 1.88. The molecule has 0 spiro atoms. The van der Waals surface area contributed by atoms with Gasteiger partial charge in [-0.05, 0) is 29.9 Å². The van der Waals surface area contributed by atoms with Crippen LogP contribution >= 0.6 is 11.8 Å². The minimum atomic E-state index is 0.761. The van der Waals surface area contributed by atoms with Gasteiger partial charge < -0.3 is 4.84 Å². The van der Waals surface area contributed by atoms with Crippen molar-refractivity contribution in [3.8, 4) is 5.75 Å². The molecule has 0 saturated heterocycles. The van der Waals surface area contributed by atoms with Gasteiger partial charge in [0.25, 0.3) is 0 Å². The third kappa shape index (κ3) is 3.79. The molecule has 0 aliphatic carbocycles. The van der Waals surface area contributed by atoms with Gasteiger partial charge in [0, 0.05) is 4.91 Å². The summed E-state index contributed by atoms with van der Waals surface area (Å²) in [6.07, 6.45) is 8.25. The minimum absolute atomic E-state index is 0.761. The van der Waals surface area contributed by atoms with E-state index in [1.165, 1.54) is 4.91 Å². The number of nitrogens with zero attached hydrogens (tertiary/aromatic N) is 1. The van der Waals surface area contributed by atoms with E-state index in [4.69, 9.17) is 4.84 Å². The second-order valence-corrected chi connectivity index (χ2v) is 4.81. The molecule has 0 radical (unpaired) electrons. The summed E-state index contributed by atoms with van der Waals surface area (Å²) in [6, 6.07) is 9.58. The highest BCUT2D eigenvalue weighted by Gasteiger charge is 2.04. The van der Waals surface area contributed by atoms with Crippen LogP contribution in [-0.4, -0.2) is 6.21 Å². The molecule has 0 unspecified atom stereocenters. The van der Waals surface area contributed by atoms with Crippen LogP contribution in [0.15, 0.2) is 57.4 Å². The highest BCUT2D eigenvalue weighted by Crippen LogP contribution is 2.31. The molecule has 0 amide bonds. The molecule has 0 aromatic heterocycles. The molecule has 0 atom stereocenters. The number of benzene rings is 1. The summed E-state index contributed by atoms with van der Waals surface area (Å²) >= 11 is 1.76. The molecular weight excluding hydrogens is 230 g/mol. The largest absolute Gasteiger partial charge is 0.357 e. The molecule has 88 valence electrons. The second kappa shape index (κ2) is 6.30. The Hall–Kier alpha value is -1.48. The van der Waals surface area contributed by atoms with E-state index in [1.807, 2.05) is 30.3 Å². The fraction of sp³-hybridized carbons (Fsp3) is 0.214. The number of thioether (sulfide) groups is 1. The standard InChI is InChI=1S/C14H15NOS/c1-2-13-9-6-10-14(17-13)11-15-16-12-7-4-3-5-8-12/h3-5,7-11H,2,6H2,1H3/b15-11+. The van der Waals surface area contributed by atoms with E-state index in [9.17, 15) is 0 Å². The first kappa shape index (κ1) is 12.0. The molecule has 1 aliphatic rings. The Kier molecular flexibility index (Phi) is 4.45. The van der Waals surface area contributed by atoms with Crippen molar-refractivity contribution in [3.63, 3.8) is 0 Å². The van der Waals surface area contributed by atoms with Crippen LogP contribution in [0.3, 0.4) is 0 Å². The number of rotatable bonds is 4. The molecule has 1 aliphatic heterocycles. The lowest BCUT2D eigenvalue weighted by Gasteiger charge is -2.09. The van der Waals surface area contributed by atoms with Crippen molar-refractivity contribution < 1.29 is 4.84 Å². The summed E-state index contributed by atoms with van der Waals surface area (Å²) in [5, 5.41) is 3.99. The van der Waals surface area contributed by atoms with Crippen molar-refractivity contribution in [2.75, 3.05) is 0 Å². The lowest BCUT2D eigenvalue weighted by atomic mass is 10.3. The van der Waals surface area contributed by atoms with Crippen molar-refractivity contribution in [1.82, 2.24) is 0 Å². The lowest BCUT2D eigenvalue weighted by Crippen LogP contribution is -1.90. The van der Waals surface area contributed by atoms with E-state index in [0.717, 1.165) is 23.5 Å². The summed E-state index contributed by atoms with van der Waals surface area (Å²) in [4.78, 5) is 7.82. The van der Waals surface area contributed by atoms with Crippen LogP contribution < -0.4 is 4.84 Å². The molecule has 0 saturated carbocycles. The van der Waals surface area contributed by atoms with Crippen LogP contribution in [0.25, 0.3) is 0 Å². The van der Waals surface area contributed by atoms with E-state index in [1.54, 1.807) is 18.0 Å². The van der Waals surface area contributed by atoms with E-state index in [2.05, 4.69) is 24.2 Å². The Morgan fingerprint density at radius 2 is 2.12 bits per heavy atom. The zero-order valence-electron chi connectivity index (χ0n) is 9.80. The molecule has 0 bridgehead atoms. The van der Waals surface area contributed by atoms with Crippen molar-refractivity contribution in [2.45, 2.75) is 19.8 Å². The van der Waals surface area contributed by atoms with Crippen LogP contribution in [-0.2, 0) is 0 Å². The van der Waals surface area contributed by atoms with Crippen LogP contribution in [0, 0.1) is 0 Å². The molecule has 17 heavy (non-hydrogen) atoms. The van der Waals surface area contributed by atoms with E-state index >= 15 is 0 Å². The van der Waals surface area contributed by atoms with Crippen LogP contribution in [0.1, 0.15) is 19.8 Å². The number of hydrogen-bond acceptors (Lipinski definition) is 3. The average Bonchev–Trinajstić information content (AvgIpc) is 2.40.